The third kappa shape index (κ3) is 4.30. The first-order chi connectivity index (χ1) is 29.3. The fourth-order valence-corrected chi connectivity index (χ4v) is 10.9. The predicted octanol–water partition coefficient (Wildman–Crippen LogP) is 14.9. The Morgan fingerprint density at radius 3 is 1.63 bits per heavy atom. The lowest BCUT2D eigenvalue weighted by atomic mass is 9.63. The summed E-state index contributed by atoms with van der Waals surface area (Å²) in [7, 11) is 0. The zero-order valence-electron chi connectivity index (χ0n) is 32.2. The number of hydrogen-bond donors (Lipinski definition) is 0. The summed E-state index contributed by atoms with van der Waals surface area (Å²) in [5.74, 6) is 0. The van der Waals surface area contributed by atoms with Gasteiger partial charge in [-0.2, -0.15) is 0 Å². The van der Waals surface area contributed by atoms with E-state index in [-0.39, 0.29) is 0 Å². The summed E-state index contributed by atoms with van der Waals surface area (Å²) < 4.78 is 2.57. The van der Waals surface area contributed by atoms with E-state index < -0.39 is 5.41 Å². The van der Waals surface area contributed by atoms with E-state index in [0.717, 1.165) is 17.1 Å². The molecule has 2 aliphatic rings. The predicted molar refractivity (Wildman–Crippen MR) is 247 cm³/mol. The Morgan fingerprint density at radius 2 is 0.932 bits per heavy atom. The Kier molecular flexibility index (Phi) is 6.68. The number of para-hydroxylation sites is 2. The molecule has 59 heavy (non-hydrogen) atoms. The van der Waals surface area contributed by atoms with Crippen LogP contribution in [0.15, 0.2) is 218 Å². The fraction of sp³-hybridized carbons (Fsp3) is 0.0175. The monoisotopic (exact) mass is 748 g/mol. The van der Waals surface area contributed by atoms with Crippen molar-refractivity contribution in [3.63, 3.8) is 0 Å². The van der Waals surface area contributed by atoms with E-state index in [1.54, 1.807) is 0 Å². The molecule has 2 nitrogen and oxygen atoms in total. The maximum absolute atomic E-state index is 2.57. The molecular formula is C57H36N2. The standard InChI is InChI=1S/C57H36N2/c1-4-17-37(18-5-1)42-32-34-51(46-27-11-10-24-43(42)46)59-52-33-31-38-19-16-30-49-54(38)56(52)55-50(57(49)47-28-14-12-25-44(47)45-26-13-15-29-48(45)57)35-41(36-53(55)59)58(39-20-6-2-7-21-39)40-22-8-3-9-23-40/h1-36H. The lowest BCUT2D eigenvalue weighted by Gasteiger charge is -2.38. The first kappa shape index (κ1) is 32.4. The van der Waals surface area contributed by atoms with E-state index in [0.29, 0.717) is 0 Å². The van der Waals surface area contributed by atoms with Gasteiger partial charge in [0.15, 0.2) is 0 Å². The maximum Gasteiger partial charge on any atom is 0.0727 e. The average Bonchev–Trinajstić information content (AvgIpc) is 3.80. The van der Waals surface area contributed by atoms with Crippen molar-refractivity contribution in [3.8, 4) is 27.9 Å². The molecule has 274 valence electrons. The number of fused-ring (bicyclic) bond motifs is 8. The largest absolute Gasteiger partial charge is 0.310 e. The van der Waals surface area contributed by atoms with Gasteiger partial charge in [-0.1, -0.05) is 170 Å². The van der Waals surface area contributed by atoms with Gasteiger partial charge in [-0.15, -0.1) is 0 Å². The summed E-state index contributed by atoms with van der Waals surface area (Å²) in [5.41, 5.74) is 16.8. The zero-order chi connectivity index (χ0) is 38.7. The number of hydrogen-bond acceptors (Lipinski definition) is 1. The van der Waals surface area contributed by atoms with E-state index >= 15 is 0 Å². The average molecular weight is 749 g/mol. The summed E-state index contributed by atoms with van der Waals surface area (Å²) in [6.07, 6.45) is 0. The Labute approximate surface area is 342 Å². The van der Waals surface area contributed by atoms with E-state index in [2.05, 4.69) is 228 Å². The van der Waals surface area contributed by atoms with Crippen LogP contribution in [0, 0.1) is 0 Å². The quantitative estimate of drug-likeness (QED) is 0.170. The molecule has 1 spiro atoms. The molecule has 0 amide bonds. The second kappa shape index (κ2) is 12.2. The van der Waals surface area contributed by atoms with Crippen molar-refractivity contribution >= 4 is 60.4 Å². The normalized spacial score (nSPS) is 13.2. The lowest BCUT2D eigenvalue weighted by Crippen LogP contribution is -2.31. The minimum absolute atomic E-state index is 0.549. The molecule has 0 aliphatic heterocycles. The molecule has 13 rings (SSSR count). The highest BCUT2D eigenvalue weighted by Gasteiger charge is 2.50. The first-order valence-electron chi connectivity index (χ1n) is 20.5. The van der Waals surface area contributed by atoms with Crippen LogP contribution in [0.1, 0.15) is 22.3 Å². The number of benzene rings is 10. The van der Waals surface area contributed by atoms with Crippen molar-refractivity contribution in [1.29, 1.82) is 0 Å². The smallest absolute Gasteiger partial charge is 0.0727 e. The zero-order valence-corrected chi connectivity index (χ0v) is 32.2. The van der Waals surface area contributed by atoms with E-state index in [4.69, 9.17) is 0 Å². The minimum Gasteiger partial charge on any atom is -0.310 e. The van der Waals surface area contributed by atoms with Crippen molar-refractivity contribution < 1.29 is 0 Å². The second-order valence-corrected chi connectivity index (χ2v) is 16.0. The van der Waals surface area contributed by atoms with Gasteiger partial charge >= 0.3 is 0 Å². The Hall–Kier alpha value is -7.68. The Morgan fingerprint density at radius 1 is 0.339 bits per heavy atom. The van der Waals surface area contributed by atoms with Gasteiger partial charge in [0, 0.05) is 33.2 Å². The summed E-state index contributed by atoms with van der Waals surface area (Å²) >= 11 is 0. The Balaban J connectivity index is 1.25. The van der Waals surface area contributed by atoms with Gasteiger partial charge in [0.2, 0.25) is 0 Å². The van der Waals surface area contributed by atoms with Crippen LogP contribution < -0.4 is 4.90 Å². The molecule has 2 heteroatoms. The summed E-state index contributed by atoms with van der Waals surface area (Å²) in [5, 5.41) is 7.71. The molecule has 0 unspecified atom stereocenters. The van der Waals surface area contributed by atoms with E-state index in [1.165, 1.54) is 93.5 Å². The van der Waals surface area contributed by atoms with Crippen molar-refractivity contribution in [2.75, 3.05) is 4.90 Å². The maximum atomic E-state index is 2.57. The van der Waals surface area contributed by atoms with Crippen molar-refractivity contribution in [3.05, 3.63) is 241 Å². The highest BCUT2D eigenvalue weighted by molar-refractivity contribution is 6.27. The molecule has 0 saturated carbocycles. The molecular weight excluding hydrogens is 713 g/mol. The van der Waals surface area contributed by atoms with Gasteiger partial charge in [0.05, 0.1) is 22.1 Å². The molecule has 1 heterocycles. The summed E-state index contributed by atoms with van der Waals surface area (Å²) in [4.78, 5) is 2.44. The minimum atomic E-state index is -0.549. The van der Waals surface area contributed by atoms with E-state index in [9.17, 15) is 0 Å². The van der Waals surface area contributed by atoms with Crippen LogP contribution in [-0.4, -0.2) is 4.57 Å². The van der Waals surface area contributed by atoms with Gasteiger partial charge in [-0.25, -0.2) is 0 Å². The van der Waals surface area contributed by atoms with Crippen molar-refractivity contribution in [2.24, 2.45) is 0 Å². The number of rotatable bonds is 5. The van der Waals surface area contributed by atoms with Crippen LogP contribution in [0.4, 0.5) is 17.1 Å². The molecule has 0 atom stereocenters. The second-order valence-electron chi connectivity index (χ2n) is 16.0. The van der Waals surface area contributed by atoms with Crippen LogP contribution in [0.25, 0.3) is 71.3 Å². The number of aromatic nitrogens is 1. The molecule has 0 fully saturated rings. The molecule has 2 aliphatic carbocycles. The first-order valence-corrected chi connectivity index (χ1v) is 20.5. The summed E-state index contributed by atoms with van der Waals surface area (Å²) in [6.45, 7) is 0. The van der Waals surface area contributed by atoms with Crippen LogP contribution >= 0.6 is 0 Å². The molecule has 1 aromatic heterocycles. The van der Waals surface area contributed by atoms with Crippen molar-refractivity contribution in [1.82, 2.24) is 4.57 Å². The van der Waals surface area contributed by atoms with Gasteiger partial charge in [-0.3, -0.25) is 0 Å². The van der Waals surface area contributed by atoms with Crippen LogP contribution in [0.2, 0.25) is 0 Å². The fourth-order valence-electron chi connectivity index (χ4n) is 10.9. The number of nitrogens with zero attached hydrogens (tertiary/aromatic N) is 2. The van der Waals surface area contributed by atoms with Gasteiger partial charge in [-0.05, 0) is 109 Å². The molecule has 0 N–H and O–H groups in total. The van der Waals surface area contributed by atoms with Gasteiger partial charge in [0.1, 0.15) is 0 Å². The summed E-state index contributed by atoms with van der Waals surface area (Å²) in [6, 6.07) is 81.1. The SMILES string of the molecule is c1ccc(-c2ccc(-n3c4cc(N(c5ccccc5)c5ccccc5)cc5c4c4c6c(cccc6ccc43)C53c4ccccc4-c4ccccc43)c3ccccc23)cc1. The highest BCUT2D eigenvalue weighted by Crippen LogP contribution is 2.63. The van der Waals surface area contributed by atoms with Crippen LogP contribution in [0.3, 0.4) is 0 Å². The van der Waals surface area contributed by atoms with Gasteiger partial charge < -0.3 is 9.47 Å². The third-order valence-corrected chi connectivity index (χ3v) is 13.1. The Bertz CT molecular complexity index is 3400. The highest BCUT2D eigenvalue weighted by atomic mass is 15.1. The van der Waals surface area contributed by atoms with Crippen LogP contribution in [-0.2, 0) is 5.41 Å². The third-order valence-electron chi connectivity index (χ3n) is 13.1. The lowest BCUT2D eigenvalue weighted by molar-refractivity contribution is 0.783. The van der Waals surface area contributed by atoms with E-state index in [1.807, 2.05) is 0 Å². The molecule has 0 bridgehead atoms. The van der Waals surface area contributed by atoms with Crippen LogP contribution in [0.5, 0.6) is 0 Å². The molecule has 0 radical (unpaired) electrons. The van der Waals surface area contributed by atoms with Crippen molar-refractivity contribution in [2.45, 2.75) is 5.41 Å². The van der Waals surface area contributed by atoms with Gasteiger partial charge in [0.25, 0.3) is 0 Å². The topological polar surface area (TPSA) is 8.17 Å². The molecule has 11 aromatic rings. The number of anilines is 3. The molecule has 0 saturated heterocycles. The molecule has 10 aromatic carbocycles.